The van der Waals surface area contributed by atoms with Crippen molar-refractivity contribution in [3.63, 3.8) is 0 Å². The van der Waals surface area contributed by atoms with Crippen molar-refractivity contribution < 1.29 is 8.78 Å². The molecule has 0 heterocycles. The van der Waals surface area contributed by atoms with Gasteiger partial charge in [-0.2, -0.15) is 11.8 Å². The van der Waals surface area contributed by atoms with Gasteiger partial charge in [0.2, 0.25) is 0 Å². The molecule has 0 fully saturated rings. The number of hydrogen-bond donors (Lipinski definition) is 1. The van der Waals surface area contributed by atoms with E-state index in [9.17, 15) is 8.78 Å². The number of halogens is 3. The predicted octanol–water partition coefficient (Wildman–Crippen LogP) is 3.89. The largest absolute Gasteiger partial charge is 0.382 e. The van der Waals surface area contributed by atoms with E-state index in [1.54, 1.807) is 11.8 Å². The normalized spacial score (nSPS) is 10.4. The Morgan fingerprint density at radius 3 is 2.73 bits per heavy atom. The summed E-state index contributed by atoms with van der Waals surface area (Å²) < 4.78 is 26.4. The van der Waals surface area contributed by atoms with E-state index in [1.165, 1.54) is 6.07 Å². The van der Waals surface area contributed by atoms with Gasteiger partial charge in [0, 0.05) is 18.4 Å². The lowest BCUT2D eigenvalue weighted by molar-refractivity contribution is 0.581. The Morgan fingerprint density at radius 2 is 2.07 bits per heavy atom. The molecule has 0 spiro atoms. The van der Waals surface area contributed by atoms with Crippen molar-refractivity contribution in [2.45, 2.75) is 6.92 Å². The van der Waals surface area contributed by atoms with Crippen LogP contribution in [0, 0.1) is 11.6 Å². The zero-order chi connectivity index (χ0) is 11.3. The molecule has 84 valence electrons. The van der Waals surface area contributed by atoms with Gasteiger partial charge in [0.1, 0.15) is 11.6 Å². The van der Waals surface area contributed by atoms with Crippen LogP contribution >= 0.6 is 27.7 Å². The molecule has 5 heteroatoms. The van der Waals surface area contributed by atoms with E-state index < -0.39 is 11.6 Å². The average molecular weight is 296 g/mol. The molecule has 0 amide bonds. The van der Waals surface area contributed by atoms with Gasteiger partial charge in [0.25, 0.3) is 0 Å². The summed E-state index contributed by atoms with van der Waals surface area (Å²) in [6, 6.07) is 2.29. The molecule has 0 aliphatic carbocycles. The SMILES string of the molecule is CCSCCNc1cc(Br)c(F)cc1F. The summed E-state index contributed by atoms with van der Waals surface area (Å²) in [5.74, 6) is 0.806. The molecule has 1 aromatic rings. The van der Waals surface area contributed by atoms with Crippen molar-refractivity contribution in [1.82, 2.24) is 0 Å². The van der Waals surface area contributed by atoms with Crippen molar-refractivity contribution in [1.29, 1.82) is 0 Å². The minimum Gasteiger partial charge on any atom is -0.382 e. The molecule has 0 aliphatic rings. The average Bonchev–Trinajstić information content (AvgIpc) is 2.20. The number of benzene rings is 1. The first-order chi connectivity index (χ1) is 7.15. The lowest BCUT2D eigenvalue weighted by Gasteiger charge is -2.07. The van der Waals surface area contributed by atoms with E-state index in [-0.39, 0.29) is 4.47 Å². The molecule has 0 atom stereocenters. The second kappa shape index (κ2) is 6.33. The van der Waals surface area contributed by atoms with Crippen LogP contribution in [0.5, 0.6) is 0 Å². The van der Waals surface area contributed by atoms with Crippen LogP contribution in [0.15, 0.2) is 16.6 Å². The highest BCUT2D eigenvalue weighted by molar-refractivity contribution is 9.10. The number of nitrogens with one attached hydrogen (secondary N) is 1. The maximum Gasteiger partial charge on any atom is 0.149 e. The number of rotatable bonds is 5. The quantitative estimate of drug-likeness (QED) is 0.653. The van der Waals surface area contributed by atoms with Crippen LogP contribution in [0.2, 0.25) is 0 Å². The molecular formula is C10H12BrF2NS. The molecule has 0 unspecified atom stereocenters. The highest BCUT2D eigenvalue weighted by atomic mass is 79.9. The minimum absolute atomic E-state index is 0.273. The summed E-state index contributed by atoms with van der Waals surface area (Å²) in [7, 11) is 0. The first-order valence-electron chi connectivity index (χ1n) is 4.61. The molecule has 15 heavy (non-hydrogen) atoms. The molecule has 0 aromatic heterocycles. The van der Waals surface area contributed by atoms with Crippen LogP contribution < -0.4 is 5.32 Å². The lowest BCUT2D eigenvalue weighted by Crippen LogP contribution is -2.06. The van der Waals surface area contributed by atoms with Crippen molar-refractivity contribution in [2.24, 2.45) is 0 Å². The van der Waals surface area contributed by atoms with Gasteiger partial charge in [-0.25, -0.2) is 8.78 Å². The van der Waals surface area contributed by atoms with E-state index in [4.69, 9.17) is 0 Å². The molecule has 1 rings (SSSR count). The van der Waals surface area contributed by atoms with Gasteiger partial charge in [-0.05, 0) is 27.7 Å². The molecule has 0 aliphatic heterocycles. The summed E-state index contributed by atoms with van der Waals surface area (Å²) in [4.78, 5) is 0. The van der Waals surface area contributed by atoms with Crippen LogP contribution in [0.25, 0.3) is 0 Å². The van der Waals surface area contributed by atoms with E-state index in [1.807, 2.05) is 0 Å². The van der Waals surface area contributed by atoms with Crippen molar-refractivity contribution in [3.8, 4) is 0 Å². The van der Waals surface area contributed by atoms with Crippen molar-refractivity contribution in [3.05, 3.63) is 28.2 Å². The summed E-state index contributed by atoms with van der Waals surface area (Å²) in [5.41, 5.74) is 0.333. The topological polar surface area (TPSA) is 12.0 Å². The van der Waals surface area contributed by atoms with Gasteiger partial charge in [-0.1, -0.05) is 6.92 Å². The number of thioether (sulfide) groups is 1. The fraction of sp³-hybridized carbons (Fsp3) is 0.400. The summed E-state index contributed by atoms with van der Waals surface area (Å²) in [6.45, 7) is 2.74. The Labute approximate surface area is 101 Å². The van der Waals surface area contributed by atoms with Crippen LogP contribution in [0.3, 0.4) is 0 Å². The minimum atomic E-state index is -0.582. The smallest absolute Gasteiger partial charge is 0.149 e. The van der Waals surface area contributed by atoms with E-state index in [0.29, 0.717) is 12.2 Å². The van der Waals surface area contributed by atoms with E-state index in [2.05, 4.69) is 28.2 Å². The van der Waals surface area contributed by atoms with E-state index in [0.717, 1.165) is 17.6 Å². The van der Waals surface area contributed by atoms with Gasteiger partial charge in [0.05, 0.1) is 10.2 Å². The molecule has 0 saturated carbocycles. The standard InChI is InChI=1S/C10H12BrF2NS/c1-2-15-4-3-14-10-5-7(11)8(12)6-9(10)13/h5-6,14H,2-4H2,1H3. The van der Waals surface area contributed by atoms with Crippen molar-refractivity contribution in [2.75, 3.05) is 23.4 Å². The molecule has 0 saturated heterocycles. The Bertz CT molecular complexity index is 333. The molecular weight excluding hydrogens is 284 g/mol. The number of hydrogen-bond acceptors (Lipinski definition) is 2. The van der Waals surface area contributed by atoms with Gasteiger partial charge >= 0.3 is 0 Å². The second-order valence-corrected chi connectivity index (χ2v) is 5.12. The Morgan fingerprint density at radius 1 is 1.33 bits per heavy atom. The zero-order valence-electron chi connectivity index (χ0n) is 8.32. The van der Waals surface area contributed by atoms with Gasteiger partial charge in [-0.3, -0.25) is 0 Å². The molecule has 1 nitrogen and oxygen atoms in total. The first kappa shape index (κ1) is 12.8. The third-order valence-electron chi connectivity index (χ3n) is 1.78. The van der Waals surface area contributed by atoms with Crippen LogP contribution in [-0.4, -0.2) is 18.1 Å². The lowest BCUT2D eigenvalue weighted by atomic mass is 10.3. The molecule has 1 N–H and O–H groups in total. The Hall–Kier alpha value is -0.290. The summed E-state index contributed by atoms with van der Waals surface area (Å²) in [5, 5.41) is 2.92. The highest BCUT2D eigenvalue weighted by Crippen LogP contribution is 2.23. The highest BCUT2D eigenvalue weighted by Gasteiger charge is 2.07. The van der Waals surface area contributed by atoms with E-state index >= 15 is 0 Å². The third-order valence-corrected chi connectivity index (χ3v) is 3.28. The maximum absolute atomic E-state index is 13.2. The Balaban J connectivity index is 2.57. The third kappa shape index (κ3) is 3.99. The molecule has 0 radical (unpaired) electrons. The zero-order valence-corrected chi connectivity index (χ0v) is 10.7. The maximum atomic E-state index is 13.2. The van der Waals surface area contributed by atoms with Gasteiger partial charge in [-0.15, -0.1) is 0 Å². The first-order valence-corrected chi connectivity index (χ1v) is 6.56. The summed E-state index contributed by atoms with van der Waals surface area (Å²) in [6.07, 6.45) is 0. The second-order valence-electron chi connectivity index (χ2n) is 2.87. The van der Waals surface area contributed by atoms with Crippen LogP contribution in [0.1, 0.15) is 6.92 Å². The monoisotopic (exact) mass is 295 g/mol. The fourth-order valence-electron chi connectivity index (χ4n) is 1.06. The van der Waals surface area contributed by atoms with Gasteiger partial charge in [0.15, 0.2) is 0 Å². The Kier molecular flexibility index (Phi) is 5.39. The number of anilines is 1. The van der Waals surface area contributed by atoms with Crippen molar-refractivity contribution >= 4 is 33.4 Å². The molecule has 0 bridgehead atoms. The molecule has 1 aromatic carbocycles. The van der Waals surface area contributed by atoms with Crippen LogP contribution in [0.4, 0.5) is 14.5 Å². The van der Waals surface area contributed by atoms with Crippen LogP contribution in [-0.2, 0) is 0 Å². The summed E-state index contributed by atoms with van der Waals surface area (Å²) >= 11 is 4.79. The van der Waals surface area contributed by atoms with Gasteiger partial charge < -0.3 is 5.32 Å². The predicted molar refractivity (Wildman–Crippen MR) is 65.5 cm³/mol. The fourth-order valence-corrected chi connectivity index (χ4v) is 1.94.